The highest BCUT2D eigenvalue weighted by Gasteiger charge is 2.24. The van der Waals surface area contributed by atoms with E-state index in [0.29, 0.717) is 6.54 Å². The topological polar surface area (TPSA) is 38.3 Å². The molecule has 1 fully saturated rings. The summed E-state index contributed by atoms with van der Waals surface area (Å²) in [4.78, 5) is 11.6. The molecule has 3 heteroatoms. The molecule has 1 saturated carbocycles. The van der Waals surface area contributed by atoms with Crippen LogP contribution in [0.15, 0.2) is 24.3 Å². The van der Waals surface area contributed by atoms with Crippen molar-refractivity contribution in [3.05, 3.63) is 29.8 Å². The lowest BCUT2D eigenvalue weighted by Crippen LogP contribution is -2.34. The van der Waals surface area contributed by atoms with Crippen molar-refractivity contribution in [3.8, 4) is 17.6 Å². The summed E-state index contributed by atoms with van der Waals surface area (Å²) in [5, 5.41) is 2.84. The number of methoxy groups -OCH3 is 1. The molecule has 0 unspecified atom stereocenters. The summed E-state index contributed by atoms with van der Waals surface area (Å²) in [6, 6.07) is 7.60. The summed E-state index contributed by atoms with van der Waals surface area (Å²) in [6.45, 7) is 0.396. The summed E-state index contributed by atoms with van der Waals surface area (Å²) in [5.74, 6) is 7.07. The highest BCUT2D eigenvalue weighted by Crippen LogP contribution is 2.25. The van der Waals surface area contributed by atoms with E-state index in [4.69, 9.17) is 4.74 Å². The van der Waals surface area contributed by atoms with Crippen LogP contribution in [0.3, 0.4) is 0 Å². The van der Waals surface area contributed by atoms with E-state index in [1.165, 1.54) is 6.42 Å². The Morgan fingerprint density at radius 2 is 2.22 bits per heavy atom. The predicted molar refractivity (Wildman–Crippen MR) is 70.2 cm³/mol. The van der Waals surface area contributed by atoms with Crippen LogP contribution >= 0.6 is 0 Å². The lowest BCUT2D eigenvalue weighted by atomic mass is 9.85. The second-order valence-electron chi connectivity index (χ2n) is 4.35. The Balaban J connectivity index is 1.86. The average molecular weight is 243 g/mol. The SMILES string of the molecule is COc1ccccc1C#CCNC(=O)C1CCC1. The molecule has 1 aliphatic carbocycles. The Bertz CT molecular complexity index is 481. The molecule has 18 heavy (non-hydrogen) atoms. The molecule has 1 N–H and O–H groups in total. The number of para-hydroxylation sites is 1. The highest BCUT2D eigenvalue weighted by molar-refractivity contribution is 5.79. The maximum atomic E-state index is 11.6. The van der Waals surface area contributed by atoms with Crippen molar-refractivity contribution in [3.63, 3.8) is 0 Å². The molecular formula is C15H17NO2. The average Bonchev–Trinajstić information content (AvgIpc) is 2.33. The minimum atomic E-state index is 0.135. The van der Waals surface area contributed by atoms with Crippen LogP contribution in [0.4, 0.5) is 0 Å². The van der Waals surface area contributed by atoms with Crippen LogP contribution < -0.4 is 10.1 Å². The largest absolute Gasteiger partial charge is 0.495 e. The van der Waals surface area contributed by atoms with Gasteiger partial charge in [-0.25, -0.2) is 0 Å². The third-order valence-corrected chi connectivity index (χ3v) is 3.16. The molecule has 0 aromatic heterocycles. The van der Waals surface area contributed by atoms with E-state index in [0.717, 1.165) is 24.2 Å². The summed E-state index contributed by atoms with van der Waals surface area (Å²) in [5.41, 5.74) is 0.845. The molecule has 0 saturated heterocycles. The van der Waals surface area contributed by atoms with E-state index in [9.17, 15) is 4.79 Å². The van der Waals surface area contributed by atoms with Crippen LogP contribution in [-0.2, 0) is 4.79 Å². The van der Waals surface area contributed by atoms with Gasteiger partial charge in [-0.1, -0.05) is 30.4 Å². The van der Waals surface area contributed by atoms with Crippen molar-refractivity contribution in [1.82, 2.24) is 5.32 Å². The molecule has 1 amide bonds. The van der Waals surface area contributed by atoms with Crippen LogP contribution in [-0.4, -0.2) is 19.6 Å². The van der Waals surface area contributed by atoms with Crippen molar-refractivity contribution in [2.75, 3.05) is 13.7 Å². The lowest BCUT2D eigenvalue weighted by Gasteiger charge is -2.23. The third-order valence-electron chi connectivity index (χ3n) is 3.16. The summed E-state index contributed by atoms with van der Waals surface area (Å²) in [6.07, 6.45) is 3.21. The van der Waals surface area contributed by atoms with E-state index in [1.807, 2.05) is 24.3 Å². The number of hydrogen-bond donors (Lipinski definition) is 1. The summed E-state index contributed by atoms with van der Waals surface area (Å²) >= 11 is 0. The minimum absolute atomic E-state index is 0.135. The molecule has 1 aromatic rings. The number of nitrogens with one attached hydrogen (secondary N) is 1. The Labute approximate surface area is 108 Å². The number of rotatable bonds is 3. The number of benzene rings is 1. The molecule has 0 radical (unpaired) electrons. The quantitative estimate of drug-likeness (QED) is 0.824. The van der Waals surface area contributed by atoms with Crippen molar-refractivity contribution >= 4 is 5.91 Å². The van der Waals surface area contributed by atoms with Crippen LogP contribution in [0.25, 0.3) is 0 Å². The van der Waals surface area contributed by atoms with Gasteiger partial charge in [-0.15, -0.1) is 0 Å². The van der Waals surface area contributed by atoms with Gasteiger partial charge in [0, 0.05) is 5.92 Å². The van der Waals surface area contributed by atoms with Gasteiger partial charge in [-0.05, 0) is 25.0 Å². The van der Waals surface area contributed by atoms with Crippen LogP contribution in [0.2, 0.25) is 0 Å². The van der Waals surface area contributed by atoms with Gasteiger partial charge in [0.15, 0.2) is 0 Å². The Morgan fingerprint density at radius 3 is 2.89 bits per heavy atom. The van der Waals surface area contributed by atoms with Gasteiger partial charge in [-0.3, -0.25) is 4.79 Å². The molecule has 0 atom stereocenters. The van der Waals surface area contributed by atoms with Crippen molar-refractivity contribution in [2.45, 2.75) is 19.3 Å². The van der Waals surface area contributed by atoms with Crippen LogP contribution in [0.1, 0.15) is 24.8 Å². The lowest BCUT2D eigenvalue weighted by molar-refractivity contribution is -0.127. The fourth-order valence-corrected chi connectivity index (χ4v) is 1.83. The summed E-state index contributed by atoms with van der Waals surface area (Å²) in [7, 11) is 1.62. The van der Waals surface area contributed by atoms with E-state index in [-0.39, 0.29) is 11.8 Å². The van der Waals surface area contributed by atoms with E-state index < -0.39 is 0 Å². The Hall–Kier alpha value is -1.95. The van der Waals surface area contributed by atoms with Crippen molar-refractivity contribution in [2.24, 2.45) is 5.92 Å². The van der Waals surface area contributed by atoms with E-state index in [2.05, 4.69) is 17.2 Å². The first-order valence-electron chi connectivity index (χ1n) is 6.21. The fourth-order valence-electron chi connectivity index (χ4n) is 1.83. The molecule has 0 aliphatic heterocycles. The molecule has 94 valence electrons. The molecule has 0 heterocycles. The van der Waals surface area contributed by atoms with Gasteiger partial charge in [0.1, 0.15) is 5.75 Å². The first-order valence-corrected chi connectivity index (χ1v) is 6.21. The maximum absolute atomic E-state index is 11.6. The van der Waals surface area contributed by atoms with E-state index >= 15 is 0 Å². The first kappa shape index (κ1) is 12.5. The van der Waals surface area contributed by atoms with Crippen molar-refractivity contribution < 1.29 is 9.53 Å². The molecule has 3 nitrogen and oxygen atoms in total. The van der Waals surface area contributed by atoms with Gasteiger partial charge in [-0.2, -0.15) is 0 Å². The number of carbonyl (C=O) groups excluding carboxylic acids is 1. The zero-order chi connectivity index (χ0) is 12.8. The van der Waals surface area contributed by atoms with Gasteiger partial charge < -0.3 is 10.1 Å². The molecule has 2 rings (SSSR count). The normalized spacial score (nSPS) is 14.1. The Kier molecular flexibility index (Phi) is 4.25. The first-order chi connectivity index (χ1) is 8.81. The standard InChI is InChI=1S/C15H17NO2/c1-18-14-10-3-2-6-12(14)9-5-11-16-15(17)13-7-4-8-13/h2-3,6,10,13H,4,7-8,11H2,1H3,(H,16,17). The van der Waals surface area contributed by atoms with Gasteiger partial charge in [0.25, 0.3) is 0 Å². The van der Waals surface area contributed by atoms with Crippen LogP contribution in [0, 0.1) is 17.8 Å². The van der Waals surface area contributed by atoms with E-state index in [1.54, 1.807) is 7.11 Å². The van der Waals surface area contributed by atoms with Crippen LogP contribution in [0.5, 0.6) is 5.75 Å². The zero-order valence-electron chi connectivity index (χ0n) is 10.5. The Morgan fingerprint density at radius 1 is 1.44 bits per heavy atom. The second-order valence-corrected chi connectivity index (χ2v) is 4.35. The van der Waals surface area contributed by atoms with Gasteiger partial charge in [0.05, 0.1) is 19.2 Å². The van der Waals surface area contributed by atoms with Gasteiger partial charge in [0.2, 0.25) is 5.91 Å². The smallest absolute Gasteiger partial charge is 0.223 e. The predicted octanol–water partition coefficient (Wildman–Crippen LogP) is 1.96. The third kappa shape index (κ3) is 3.04. The second kappa shape index (κ2) is 6.11. The number of ether oxygens (including phenoxy) is 1. The number of carbonyl (C=O) groups is 1. The molecular weight excluding hydrogens is 226 g/mol. The summed E-state index contributed by atoms with van der Waals surface area (Å²) < 4.78 is 5.20. The molecule has 0 spiro atoms. The number of amides is 1. The minimum Gasteiger partial charge on any atom is -0.495 e. The zero-order valence-corrected chi connectivity index (χ0v) is 10.5. The molecule has 0 bridgehead atoms. The fraction of sp³-hybridized carbons (Fsp3) is 0.400. The van der Waals surface area contributed by atoms with Gasteiger partial charge >= 0.3 is 0 Å². The number of hydrogen-bond acceptors (Lipinski definition) is 2. The molecule has 1 aliphatic rings. The maximum Gasteiger partial charge on any atom is 0.223 e. The molecule has 1 aromatic carbocycles. The highest BCUT2D eigenvalue weighted by atomic mass is 16.5. The van der Waals surface area contributed by atoms with Crippen molar-refractivity contribution in [1.29, 1.82) is 0 Å². The monoisotopic (exact) mass is 243 g/mol.